The highest BCUT2D eigenvalue weighted by molar-refractivity contribution is 7.89. The van der Waals surface area contributed by atoms with Crippen molar-refractivity contribution in [1.82, 2.24) is 4.31 Å². The Bertz CT molecular complexity index is 534. The molecule has 0 aromatic heterocycles. The summed E-state index contributed by atoms with van der Waals surface area (Å²) >= 11 is 0. The maximum absolute atomic E-state index is 12.8. The molecule has 0 bridgehead atoms. The molecule has 2 N–H and O–H groups in total. The van der Waals surface area contributed by atoms with Crippen molar-refractivity contribution in [3.05, 3.63) is 29.8 Å². The van der Waals surface area contributed by atoms with E-state index < -0.39 is 10.0 Å². The number of hydrogen-bond donors (Lipinski definition) is 1. The van der Waals surface area contributed by atoms with Crippen molar-refractivity contribution in [2.45, 2.75) is 24.4 Å². The van der Waals surface area contributed by atoms with Crippen LogP contribution in [0.2, 0.25) is 0 Å². The first-order chi connectivity index (χ1) is 9.97. The number of rotatable bonds is 9. The second-order valence-corrected chi connectivity index (χ2v) is 6.66. The minimum absolute atomic E-state index is 0.240. The molecule has 120 valence electrons. The highest BCUT2D eigenvalue weighted by Gasteiger charge is 2.28. The fourth-order valence-corrected chi connectivity index (χ4v) is 3.72. The molecule has 1 rings (SSSR count). The maximum Gasteiger partial charge on any atom is 0.243 e. The predicted molar refractivity (Wildman–Crippen MR) is 81.4 cm³/mol. The molecule has 0 aliphatic rings. The molecule has 1 aromatic carbocycles. The van der Waals surface area contributed by atoms with Gasteiger partial charge in [0, 0.05) is 33.4 Å². The molecule has 0 amide bonds. The topological polar surface area (TPSA) is 81.9 Å². The van der Waals surface area contributed by atoms with E-state index in [1.165, 1.54) is 4.31 Å². The average Bonchev–Trinajstić information content (AvgIpc) is 2.47. The number of ether oxygens (including phenoxy) is 2. The molecule has 0 radical (unpaired) electrons. The molecule has 1 aromatic rings. The van der Waals surface area contributed by atoms with Gasteiger partial charge in [-0.2, -0.15) is 4.31 Å². The van der Waals surface area contributed by atoms with Crippen LogP contribution >= 0.6 is 0 Å². The van der Waals surface area contributed by atoms with Crippen LogP contribution in [0.1, 0.15) is 12.5 Å². The van der Waals surface area contributed by atoms with Crippen molar-refractivity contribution in [3.63, 3.8) is 0 Å². The van der Waals surface area contributed by atoms with Crippen LogP contribution in [0, 0.1) is 0 Å². The SMILES string of the molecule is COCCN(C(C)COC)S(=O)(=O)c1cccc(CN)c1. The number of hydrogen-bond acceptors (Lipinski definition) is 5. The summed E-state index contributed by atoms with van der Waals surface area (Å²) < 4.78 is 37.1. The van der Waals surface area contributed by atoms with Crippen LogP contribution in [0.4, 0.5) is 0 Å². The smallest absolute Gasteiger partial charge is 0.243 e. The summed E-state index contributed by atoms with van der Waals surface area (Å²) in [5, 5.41) is 0. The van der Waals surface area contributed by atoms with Crippen LogP contribution in [-0.4, -0.2) is 52.7 Å². The van der Waals surface area contributed by atoms with Gasteiger partial charge in [0.2, 0.25) is 10.0 Å². The Morgan fingerprint density at radius 3 is 2.57 bits per heavy atom. The molecule has 0 aliphatic heterocycles. The second-order valence-electron chi connectivity index (χ2n) is 4.76. The predicted octanol–water partition coefficient (Wildman–Crippen LogP) is 0.817. The lowest BCUT2D eigenvalue weighted by Gasteiger charge is -2.27. The lowest BCUT2D eigenvalue weighted by Crippen LogP contribution is -2.42. The van der Waals surface area contributed by atoms with Gasteiger partial charge in [0.15, 0.2) is 0 Å². The van der Waals surface area contributed by atoms with E-state index in [4.69, 9.17) is 15.2 Å². The van der Waals surface area contributed by atoms with Crippen molar-refractivity contribution >= 4 is 10.0 Å². The minimum atomic E-state index is -3.61. The summed E-state index contributed by atoms with van der Waals surface area (Å²) in [6, 6.07) is 6.40. The quantitative estimate of drug-likeness (QED) is 0.729. The van der Waals surface area contributed by atoms with Crippen LogP contribution in [0.5, 0.6) is 0 Å². The molecule has 0 saturated heterocycles. The van der Waals surface area contributed by atoms with Crippen molar-refractivity contribution < 1.29 is 17.9 Å². The zero-order valence-electron chi connectivity index (χ0n) is 12.8. The molecule has 6 nitrogen and oxygen atoms in total. The first kappa shape index (κ1) is 18.1. The summed E-state index contributed by atoms with van der Waals surface area (Å²) in [4.78, 5) is 0.240. The van der Waals surface area contributed by atoms with E-state index in [1.54, 1.807) is 38.5 Å². The van der Waals surface area contributed by atoms with Crippen LogP contribution in [0.15, 0.2) is 29.2 Å². The van der Waals surface area contributed by atoms with E-state index >= 15 is 0 Å². The van der Waals surface area contributed by atoms with Gasteiger partial charge >= 0.3 is 0 Å². The lowest BCUT2D eigenvalue weighted by atomic mass is 10.2. The second kappa shape index (κ2) is 8.45. The Hall–Kier alpha value is -0.990. The summed E-state index contributed by atoms with van der Waals surface area (Å²) in [6.07, 6.45) is 0. The molecule has 21 heavy (non-hydrogen) atoms. The summed E-state index contributed by atoms with van der Waals surface area (Å²) in [7, 11) is -0.519. The van der Waals surface area contributed by atoms with E-state index in [0.29, 0.717) is 19.8 Å². The molecule has 1 unspecified atom stereocenters. The van der Waals surface area contributed by atoms with Crippen molar-refractivity contribution in [3.8, 4) is 0 Å². The molecule has 0 fully saturated rings. The van der Waals surface area contributed by atoms with Crippen LogP contribution in [0.3, 0.4) is 0 Å². The Kier molecular flexibility index (Phi) is 7.27. The molecular weight excluding hydrogens is 292 g/mol. The molecule has 0 aliphatic carbocycles. The van der Waals surface area contributed by atoms with E-state index in [2.05, 4.69) is 0 Å². The normalized spacial score (nSPS) is 13.6. The van der Waals surface area contributed by atoms with Crippen molar-refractivity contribution in [1.29, 1.82) is 0 Å². The zero-order valence-corrected chi connectivity index (χ0v) is 13.6. The van der Waals surface area contributed by atoms with E-state index in [9.17, 15) is 8.42 Å². The largest absolute Gasteiger partial charge is 0.383 e. The fourth-order valence-electron chi connectivity index (χ4n) is 2.05. The number of nitrogens with two attached hydrogens (primary N) is 1. The van der Waals surface area contributed by atoms with Gasteiger partial charge in [-0.05, 0) is 24.6 Å². The molecule has 0 spiro atoms. The van der Waals surface area contributed by atoms with Crippen molar-refractivity contribution in [2.75, 3.05) is 34.0 Å². The van der Waals surface area contributed by atoms with Gasteiger partial charge < -0.3 is 15.2 Å². The van der Waals surface area contributed by atoms with Gasteiger partial charge in [-0.15, -0.1) is 0 Å². The third kappa shape index (κ3) is 4.76. The van der Waals surface area contributed by atoms with Crippen LogP contribution in [-0.2, 0) is 26.0 Å². The van der Waals surface area contributed by atoms with Crippen LogP contribution in [0.25, 0.3) is 0 Å². The third-order valence-electron chi connectivity index (χ3n) is 3.16. The molecular formula is C14H24N2O4S. The van der Waals surface area contributed by atoms with Gasteiger partial charge in [0.25, 0.3) is 0 Å². The van der Waals surface area contributed by atoms with E-state index in [-0.39, 0.29) is 17.5 Å². The van der Waals surface area contributed by atoms with Crippen LogP contribution < -0.4 is 5.73 Å². The third-order valence-corrected chi connectivity index (χ3v) is 5.17. The summed E-state index contributed by atoms with van der Waals surface area (Å²) in [5.74, 6) is 0. The number of benzene rings is 1. The van der Waals surface area contributed by atoms with E-state index in [1.807, 2.05) is 6.92 Å². The van der Waals surface area contributed by atoms with Gasteiger partial charge in [-0.3, -0.25) is 0 Å². The number of sulfonamides is 1. The molecule has 7 heteroatoms. The number of methoxy groups -OCH3 is 2. The Morgan fingerprint density at radius 2 is 2.00 bits per heavy atom. The minimum Gasteiger partial charge on any atom is -0.383 e. The zero-order chi connectivity index (χ0) is 15.9. The van der Waals surface area contributed by atoms with Crippen molar-refractivity contribution in [2.24, 2.45) is 5.73 Å². The monoisotopic (exact) mass is 316 g/mol. The average molecular weight is 316 g/mol. The van der Waals surface area contributed by atoms with Gasteiger partial charge in [0.05, 0.1) is 18.1 Å². The lowest BCUT2D eigenvalue weighted by molar-refractivity contribution is 0.119. The maximum atomic E-state index is 12.8. The summed E-state index contributed by atoms with van der Waals surface area (Å²) in [6.45, 7) is 3.03. The first-order valence-electron chi connectivity index (χ1n) is 6.76. The highest BCUT2D eigenvalue weighted by Crippen LogP contribution is 2.19. The Balaban J connectivity index is 3.12. The molecule has 0 heterocycles. The van der Waals surface area contributed by atoms with E-state index in [0.717, 1.165) is 5.56 Å². The standard InChI is InChI=1S/C14H24N2O4S/c1-12(11-20-3)16(7-8-19-2)21(17,18)14-6-4-5-13(9-14)10-15/h4-6,9,12H,7-8,10-11,15H2,1-3H3. The van der Waals surface area contributed by atoms with Gasteiger partial charge in [-0.25, -0.2) is 8.42 Å². The van der Waals surface area contributed by atoms with Gasteiger partial charge in [0.1, 0.15) is 0 Å². The Morgan fingerprint density at radius 1 is 1.29 bits per heavy atom. The molecule has 1 atom stereocenters. The fraction of sp³-hybridized carbons (Fsp3) is 0.571. The van der Waals surface area contributed by atoms with Gasteiger partial charge in [-0.1, -0.05) is 12.1 Å². The highest BCUT2D eigenvalue weighted by atomic mass is 32.2. The summed E-state index contributed by atoms with van der Waals surface area (Å²) in [5.41, 5.74) is 6.36. The molecule has 0 saturated carbocycles. The first-order valence-corrected chi connectivity index (χ1v) is 8.20. The Labute approximate surface area is 126 Å². The number of nitrogens with zero attached hydrogens (tertiary/aromatic N) is 1.